The van der Waals surface area contributed by atoms with E-state index < -0.39 is 0 Å². The summed E-state index contributed by atoms with van der Waals surface area (Å²) in [6, 6.07) is 0. The zero-order valence-corrected chi connectivity index (χ0v) is 12.2. The molecule has 0 nitrogen and oxygen atoms in total. The van der Waals surface area contributed by atoms with Crippen LogP contribution in [0.3, 0.4) is 0 Å². The molecule has 0 aromatic rings. The molecule has 0 radical (unpaired) electrons. The molecule has 0 amide bonds. The van der Waals surface area contributed by atoms with Crippen LogP contribution in [0.5, 0.6) is 0 Å². The van der Waals surface area contributed by atoms with Crippen LogP contribution in [0.15, 0.2) is 0 Å². The average molecular weight is 226 g/mol. The van der Waals surface area contributed by atoms with Crippen molar-refractivity contribution in [2.75, 3.05) is 0 Å². The van der Waals surface area contributed by atoms with E-state index in [0.29, 0.717) is 0 Å². The van der Waals surface area contributed by atoms with Crippen molar-refractivity contribution in [1.29, 1.82) is 0 Å². The Labute approximate surface area is 104 Å². The number of unbranched alkanes of at least 4 members (excludes halogenated alkanes) is 6. The molecule has 0 heterocycles. The summed E-state index contributed by atoms with van der Waals surface area (Å²) in [6.07, 6.45) is 14.3. The maximum Gasteiger partial charge on any atom is -0.0417 e. The standard InChI is InChI=1S/C16H34/c1-5-7-9-10-12-14-16(4)15(3)13-11-8-6-2/h15-16H,5-14H2,1-4H3. The summed E-state index contributed by atoms with van der Waals surface area (Å²) in [6.45, 7) is 9.49. The lowest BCUT2D eigenvalue weighted by molar-refractivity contribution is 0.323. The van der Waals surface area contributed by atoms with Gasteiger partial charge in [0, 0.05) is 0 Å². The Kier molecular flexibility index (Phi) is 11.5. The highest BCUT2D eigenvalue weighted by molar-refractivity contribution is 4.62. The molecule has 0 bridgehead atoms. The maximum absolute atomic E-state index is 2.45. The van der Waals surface area contributed by atoms with Crippen LogP contribution in [0.4, 0.5) is 0 Å². The van der Waals surface area contributed by atoms with Gasteiger partial charge in [-0.1, -0.05) is 91.9 Å². The normalized spacial score (nSPS) is 15.0. The molecule has 0 rings (SSSR count). The zero-order valence-electron chi connectivity index (χ0n) is 12.2. The van der Waals surface area contributed by atoms with Gasteiger partial charge < -0.3 is 0 Å². The minimum atomic E-state index is 0.942. The van der Waals surface area contributed by atoms with E-state index in [-0.39, 0.29) is 0 Å². The molecule has 0 aliphatic rings. The molecule has 0 saturated heterocycles. The fraction of sp³-hybridized carbons (Fsp3) is 1.00. The first-order valence-electron chi connectivity index (χ1n) is 7.72. The van der Waals surface area contributed by atoms with Gasteiger partial charge in [0.25, 0.3) is 0 Å². The van der Waals surface area contributed by atoms with Crippen molar-refractivity contribution in [3.05, 3.63) is 0 Å². The van der Waals surface area contributed by atoms with Crippen molar-refractivity contribution < 1.29 is 0 Å². The fourth-order valence-corrected chi connectivity index (χ4v) is 2.36. The lowest BCUT2D eigenvalue weighted by Crippen LogP contribution is -2.08. The van der Waals surface area contributed by atoms with Crippen LogP contribution in [-0.2, 0) is 0 Å². The van der Waals surface area contributed by atoms with Crippen LogP contribution in [0, 0.1) is 11.8 Å². The Morgan fingerprint density at radius 2 is 0.938 bits per heavy atom. The highest BCUT2D eigenvalue weighted by Gasteiger charge is 2.10. The van der Waals surface area contributed by atoms with Crippen molar-refractivity contribution in [2.24, 2.45) is 11.8 Å². The van der Waals surface area contributed by atoms with Crippen LogP contribution < -0.4 is 0 Å². The van der Waals surface area contributed by atoms with E-state index in [2.05, 4.69) is 27.7 Å². The lowest BCUT2D eigenvalue weighted by Gasteiger charge is -2.19. The predicted molar refractivity (Wildman–Crippen MR) is 75.8 cm³/mol. The Balaban J connectivity index is 3.36. The average Bonchev–Trinajstić information content (AvgIpc) is 2.28. The van der Waals surface area contributed by atoms with Crippen LogP contribution in [-0.4, -0.2) is 0 Å². The Hall–Kier alpha value is 0. The molecule has 0 aliphatic heterocycles. The molecule has 0 aromatic carbocycles. The summed E-state index contributed by atoms with van der Waals surface area (Å²) in [4.78, 5) is 0. The molecule has 0 heteroatoms. The summed E-state index contributed by atoms with van der Waals surface area (Å²) in [5.74, 6) is 1.89. The third kappa shape index (κ3) is 9.24. The van der Waals surface area contributed by atoms with Gasteiger partial charge in [-0.05, 0) is 11.8 Å². The summed E-state index contributed by atoms with van der Waals surface area (Å²) in [5.41, 5.74) is 0. The SMILES string of the molecule is CCCCCCCC(C)C(C)CCCCC. The van der Waals surface area contributed by atoms with Gasteiger partial charge in [-0.15, -0.1) is 0 Å². The quantitative estimate of drug-likeness (QED) is 0.368. The monoisotopic (exact) mass is 226 g/mol. The predicted octanol–water partition coefficient (Wildman–Crippen LogP) is 6.20. The largest absolute Gasteiger partial charge is 0.0654 e. The van der Waals surface area contributed by atoms with Gasteiger partial charge in [-0.2, -0.15) is 0 Å². The first-order valence-corrected chi connectivity index (χ1v) is 7.72. The van der Waals surface area contributed by atoms with E-state index in [4.69, 9.17) is 0 Å². The van der Waals surface area contributed by atoms with E-state index >= 15 is 0 Å². The smallest absolute Gasteiger partial charge is 0.0417 e. The molecule has 2 unspecified atom stereocenters. The second-order valence-electron chi connectivity index (χ2n) is 5.65. The van der Waals surface area contributed by atoms with Crippen molar-refractivity contribution in [3.8, 4) is 0 Å². The number of rotatable bonds is 11. The Morgan fingerprint density at radius 3 is 1.44 bits per heavy atom. The van der Waals surface area contributed by atoms with Crippen LogP contribution in [0.2, 0.25) is 0 Å². The summed E-state index contributed by atoms with van der Waals surface area (Å²) >= 11 is 0. The van der Waals surface area contributed by atoms with Crippen LogP contribution in [0.25, 0.3) is 0 Å². The Morgan fingerprint density at radius 1 is 0.562 bits per heavy atom. The van der Waals surface area contributed by atoms with Crippen molar-refractivity contribution >= 4 is 0 Å². The summed E-state index contributed by atoms with van der Waals surface area (Å²) in [5, 5.41) is 0. The summed E-state index contributed by atoms with van der Waals surface area (Å²) in [7, 11) is 0. The third-order valence-electron chi connectivity index (χ3n) is 4.00. The van der Waals surface area contributed by atoms with E-state index in [1.165, 1.54) is 64.2 Å². The van der Waals surface area contributed by atoms with Gasteiger partial charge in [0.2, 0.25) is 0 Å². The van der Waals surface area contributed by atoms with Crippen molar-refractivity contribution in [1.82, 2.24) is 0 Å². The van der Waals surface area contributed by atoms with Gasteiger partial charge in [0.05, 0.1) is 0 Å². The van der Waals surface area contributed by atoms with E-state index in [1.807, 2.05) is 0 Å². The van der Waals surface area contributed by atoms with Crippen LogP contribution in [0.1, 0.15) is 91.9 Å². The maximum atomic E-state index is 2.45. The minimum Gasteiger partial charge on any atom is -0.0654 e. The molecule has 16 heavy (non-hydrogen) atoms. The molecule has 0 aliphatic carbocycles. The second-order valence-corrected chi connectivity index (χ2v) is 5.65. The molecule has 0 fully saturated rings. The molecule has 98 valence electrons. The fourth-order valence-electron chi connectivity index (χ4n) is 2.36. The minimum absolute atomic E-state index is 0.942. The first kappa shape index (κ1) is 16.0. The topological polar surface area (TPSA) is 0 Å². The van der Waals surface area contributed by atoms with Gasteiger partial charge in [-0.25, -0.2) is 0 Å². The molecule has 0 aromatic heterocycles. The summed E-state index contributed by atoms with van der Waals surface area (Å²) < 4.78 is 0. The van der Waals surface area contributed by atoms with E-state index in [0.717, 1.165) is 11.8 Å². The highest BCUT2D eigenvalue weighted by Crippen LogP contribution is 2.23. The number of hydrogen-bond acceptors (Lipinski definition) is 0. The van der Waals surface area contributed by atoms with E-state index in [1.54, 1.807) is 0 Å². The van der Waals surface area contributed by atoms with Crippen molar-refractivity contribution in [2.45, 2.75) is 91.9 Å². The highest BCUT2D eigenvalue weighted by atomic mass is 14.2. The Bertz CT molecular complexity index is 128. The number of hydrogen-bond donors (Lipinski definition) is 0. The van der Waals surface area contributed by atoms with Crippen molar-refractivity contribution in [3.63, 3.8) is 0 Å². The molecular formula is C16H34. The van der Waals surface area contributed by atoms with E-state index in [9.17, 15) is 0 Å². The van der Waals surface area contributed by atoms with Gasteiger partial charge in [-0.3, -0.25) is 0 Å². The third-order valence-corrected chi connectivity index (χ3v) is 4.00. The molecular weight excluding hydrogens is 192 g/mol. The molecule has 0 N–H and O–H groups in total. The van der Waals surface area contributed by atoms with Gasteiger partial charge >= 0.3 is 0 Å². The zero-order chi connectivity index (χ0) is 12.2. The van der Waals surface area contributed by atoms with Gasteiger partial charge in [0.1, 0.15) is 0 Å². The molecule has 0 saturated carbocycles. The molecule has 0 spiro atoms. The lowest BCUT2D eigenvalue weighted by atomic mass is 9.87. The first-order chi connectivity index (χ1) is 7.72. The van der Waals surface area contributed by atoms with Gasteiger partial charge in [0.15, 0.2) is 0 Å². The van der Waals surface area contributed by atoms with Crippen LogP contribution >= 0.6 is 0 Å². The second kappa shape index (κ2) is 11.5. The molecule has 2 atom stereocenters.